The van der Waals surface area contributed by atoms with E-state index in [1.807, 2.05) is 0 Å². The van der Waals surface area contributed by atoms with E-state index >= 15 is 0 Å². The van der Waals surface area contributed by atoms with Crippen molar-refractivity contribution in [3.05, 3.63) is 28.2 Å². The summed E-state index contributed by atoms with van der Waals surface area (Å²) in [4.78, 5) is 11.8. The SMILES string of the molecule is CC(C)(C)C(=O)NCCN(c1cc(Cl)ccc1Cl)S(C)(=O)=O. The van der Waals surface area contributed by atoms with Crippen LogP contribution in [0.1, 0.15) is 20.8 Å². The highest BCUT2D eigenvalue weighted by atomic mass is 35.5. The molecule has 0 heterocycles. The van der Waals surface area contributed by atoms with Crippen molar-refractivity contribution in [2.45, 2.75) is 20.8 Å². The van der Waals surface area contributed by atoms with Crippen molar-refractivity contribution < 1.29 is 13.2 Å². The summed E-state index contributed by atoms with van der Waals surface area (Å²) in [5.41, 5.74) is -0.245. The zero-order valence-corrected chi connectivity index (χ0v) is 15.3. The van der Waals surface area contributed by atoms with Crippen LogP contribution in [0, 0.1) is 5.41 Å². The molecule has 5 nitrogen and oxygen atoms in total. The molecule has 0 unspecified atom stereocenters. The molecule has 0 aliphatic carbocycles. The van der Waals surface area contributed by atoms with E-state index < -0.39 is 15.4 Å². The Morgan fingerprint density at radius 1 is 1.27 bits per heavy atom. The first-order valence-electron chi connectivity index (χ1n) is 6.64. The molecule has 8 heteroatoms. The molecule has 1 rings (SSSR count). The third-order valence-corrected chi connectivity index (χ3v) is 4.59. The summed E-state index contributed by atoms with van der Waals surface area (Å²) in [6, 6.07) is 4.59. The second-order valence-corrected chi connectivity index (χ2v) is 8.69. The molecule has 0 saturated carbocycles. The molecule has 0 bridgehead atoms. The Kier molecular flexibility index (Phi) is 6.12. The number of nitrogens with one attached hydrogen (secondary N) is 1. The molecule has 0 aromatic heterocycles. The van der Waals surface area contributed by atoms with E-state index in [1.165, 1.54) is 12.1 Å². The predicted molar refractivity (Wildman–Crippen MR) is 91.1 cm³/mol. The lowest BCUT2D eigenvalue weighted by atomic mass is 9.96. The summed E-state index contributed by atoms with van der Waals surface area (Å²) >= 11 is 12.0. The standard InChI is InChI=1S/C14H20Cl2N2O3S/c1-14(2,3)13(19)17-7-8-18(22(4,20)21)12-9-10(15)5-6-11(12)16/h5-6,9H,7-8H2,1-4H3,(H,17,19). The number of carbonyl (C=O) groups excluding carboxylic acids is 1. The van der Waals surface area contributed by atoms with Crippen LogP contribution in [0.2, 0.25) is 10.0 Å². The zero-order valence-electron chi connectivity index (χ0n) is 13.0. The molecule has 0 radical (unpaired) electrons. The Hall–Kier alpha value is -0.980. The van der Waals surface area contributed by atoms with Crippen LogP contribution in [0.5, 0.6) is 0 Å². The molecule has 1 amide bonds. The number of anilines is 1. The lowest BCUT2D eigenvalue weighted by Crippen LogP contribution is -2.41. The van der Waals surface area contributed by atoms with E-state index in [-0.39, 0.29) is 24.0 Å². The number of benzene rings is 1. The number of nitrogens with zero attached hydrogens (tertiary/aromatic N) is 1. The van der Waals surface area contributed by atoms with E-state index in [1.54, 1.807) is 26.8 Å². The maximum absolute atomic E-state index is 12.0. The molecule has 0 aliphatic heterocycles. The van der Waals surface area contributed by atoms with E-state index in [9.17, 15) is 13.2 Å². The van der Waals surface area contributed by atoms with E-state index in [0.29, 0.717) is 10.7 Å². The van der Waals surface area contributed by atoms with Crippen molar-refractivity contribution in [3.63, 3.8) is 0 Å². The van der Waals surface area contributed by atoms with Gasteiger partial charge in [-0.1, -0.05) is 44.0 Å². The molecule has 1 N–H and O–H groups in total. The van der Waals surface area contributed by atoms with Gasteiger partial charge in [0.25, 0.3) is 0 Å². The molecule has 0 spiro atoms. The molecule has 1 aromatic carbocycles. The Balaban J connectivity index is 2.93. The summed E-state index contributed by atoms with van der Waals surface area (Å²) in [5, 5.41) is 3.36. The van der Waals surface area contributed by atoms with Crippen LogP contribution in [0.3, 0.4) is 0 Å². The maximum Gasteiger partial charge on any atom is 0.232 e. The number of hydrogen-bond acceptors (Lipinski definition) is 3. The molecular formula is C14H20Cl2N2O3S. The smallest absolute Gasteiger partial charge is 0.232 e. The molecule has 0 aliphatic rings. The van der Waals surface area contributed by atoms with Crippen molar-refractivity contribution >= 4 is 44.8 Å². The zero-order chi connectivity index (χ0) is 17.1. The van der Waals surface area contributed by atoms with E-state index in [2.05, 4.69) is 5.32 Å². The van der Waals surface area contributed by atoms with Crippen LogP contribution in [0.15, 0.2) is 18.2 Å². The van der Waals surface area contributed by atoms with Gasteiger partial charge in [-0.25, -0.2) is 8.42 Å². The molecular weight excluding hydrogens is 347 g/mol. The molecule has 22 heavy (non-hydrogen) atoms. The third-order valence-electron chi connectivity index (χ3n) is 2.86. The first-order chi connectivity index (χ1) is 9.93. The largest absolute Gasteiger partial charge is 0.354 e. The summed E-state index contributed by atoms with van der Waals surface area (Å²) in [7, 11) is -3.55. The van der Waals surface area contributed by atoms with Crippen LogP contribution >= 0.6 is 23.2 Å². The Morgan fingerprint density at radius 2 is 1.86 bits per heavy atom. The summed E-state index contributed by atoms with van der Waals surface area (Å²) in [6.07, 6.45) is 1.08. The van der Waals surface area contributed by atoms with Gasteiger partial charge >= 0.3 is 0 Å². The van der Waals surface area contributed by atoms with Crippen LogP contribution in [0.25, 0.3) is 0 Å². The number of halogens is 2. The van der Waals surface area contributed by atoms with Crippen molar-refractivity contribution in [2.24, 2.45) is 5.41 Å². The van der Waals surface area contributed by atoms with Crippen molar-refractivity contribution in [3.8, 4) is 0 Å². The minimum atomic E-state index is -3.55. The number of hydrogen-bond donors (Lipinski definition) is 1. The quantitative estimate of drug-likeness (QED) is 0.870. The number of rotatable bonds is 5. The van der Waals surface area contributed by atoms with Gasteiger partial charge < -0.3 is 5.32 Å². The molecule has 124 valence electrons. The monoisotopic (exact) mass is 366 g/mol. The van der Waals surface area contributed by atoms with Crippen LogP contribution < -0.4 is 9.62 Å². The van der Waals surface area contributed by atoms with Gasteiger partial charge in [-0.2, -0.15) is 0 Å². The third kappa shape index (κ3) is 5.34. The summed E-state index contributed by atoms with van der Waals surface area (Å²) in [6.45, 7) is 5.59. The van der Waals surface area contributed by atoms with Gasteiger partial charge in [0.2, 0.25) is 15.9 Å². The average molecular weight is 367 g/mol. The lowest BCUT2D eigenvalue weighted by Gasteiger charge is -2.25. The summed E-state index contributed by atoms with van der Waals surface area (Å²) in [5.74, 6) is -0.154. The Morgan fingerprint density at radius 3 is 2.36 bits per heavy atom. The second kappa shape index (κ2) is 7.06. The van der Waals surface area contributed by atoms with Gasteiger partial charge in [0.05, 0.1) is 23.5 Å². The first-order valence-corrected chi connectivity index (χ1v) is 9.24. The van der Waals surface area contributed by atoms with Crippen LogP contribution in [0.4, 0.5) is 5.69 Å². The molecule has 1 aromatic rings. The van der Waals surface area contributed by atoms with Gasteiger partial charge in [-0.15, -0.1) is 0 Å². The fourth-order valence-corrected chi connectivity index (χ4v) is 3.05. The van der Waals surface area contributed by atoms with Crippen LogP contribution in [-0.4, -0.2) is 33.7 Å². The van der Waals surface area contributed by atoms with Crippen molar-refractivity contribution in [1.29, 1.82) is 0 Å². The number of carbonyl (C=O) groups is 1. The summed E-state index contributed by atoms with van der Waals surface area (Å²) < 4.78 is 25.1. The van der Waals surface area contributed by atoms with Gasteiger partial charge in [-0.05, 0) is 18.2 Å². The minimum Gasteiger partial charge on any atom is -0.354 e. The second-order valence-electron chi connectivity index (χ2n) is 5.94. The molecule has 0 fully saturated rings. The fourth-order valence-electron chi connectivity index (χ4n) is 1.68. The Bertz CT molecular complexity index is 655. The minimum absolute atomic E-state index is 0.0702. The highest BCUT2D eigenvalue weighted by molar-refractivity contribution is 7.92. The maximum atomic E-state index is 12.0. The highest BCUT2D eigenvalue weighted by Crippen LogP contribution is 2.30. The van der Waals surface area contributed by atoms with E-state index in [0.717, 1.165) is 10.6 Å². The van der Waals surface area contributed by atoms with Gasteiger partial charge in [0, 0.05) is 17.0 Å². The highest BCUT2D eigenvalue weighted by Gasteiger charge is 2.23. The van der Waals surface area contributed by atoms with Crippen molar-refractivity contribution in [1.82, 2.24) is 5.32 Å². The topological polar surface area (TPSA) is 66.5 Å². The normalized spacial score (nSPS) is 12.1. The van der Waals surface area contributed by atoms with Crippen molar-refractivity contribution in [2.75, 3.05) is 23.7 Å². The van der Waals surface area contributed by atoms with Crippen LogP contribution in [-0.2, 0) is 14.8 Å². The Labute approximate surface area is 141 Å². The predicted octanol–water partition coefficient (Wildman–Crippen LogP) is 2.92. The number of amides is 1. The van der Waals surface area contributed by atoms with Gasteiger partial charge in [0.1, 0.15) is 0 Å². The first kappa shape index (κ1) is 19.1. The lowest BCUT2D eigenvalue weighted by molar-refractivity contribution is -0.128. The fraction of sp³-hybridized carbons (Fsp3) is 0.500. The average Bonchev–Trinajstić information content (AvgIpc) is 2.35. The molecule has 0 saturated heterocycles. The number of sulfonamides is 1. The van der Waals surface area contributed by atoms with E-state index in [4.69, 9.17) is 23.2 Å². The molecule has 0 atom stereocenters. The van der Waals surface area contributed by atoms with Gasteiger partial charge in [0.15, 0.2) is 0 Å². The van der Waals surface area contributed by atoms with Gasteiger partial charge in [-0.3, -0.25) is 9.10 Å².